The molecule has 0 fully saturated rings. The van der Waals surface area contributed by atoms with Crippen molar-refractivity contribution in [1.82, 2.24) is 0 Å². The molecule has 0 amide bonds. The highest BCUT2D eigenvalue weighted by atomic mass is 16.7. The molecule has 1 unspecified atom stereocenters. The zero-order valence-corrected chi connectivity index (χ0v) is 10.5. The summed E-state index contributed by atoms with van der Waals surface area (Å²) in [7, 11) is 0. The first-order chi connectivity index (χ1) is 8.93. The number of hydrogen-bond donors (Lipinski definition) is 0. The van der Waals surface area contributed by atoms with E-state index in [1.54, 1.807) is 12.1 Å². The van der Waals surface area contributed by atoms with Crippen LogP contribution in [-0.2, 0) is 9.53 Å². The summed E-state index contributed by atoms with van der Waals surface area (Å²) in [5.41, 5.74) is -1.01. The van der Waals surface area contributed by atoms with Crippen LogP contribution in [0.25, 0.3) is 0 Å². The van der Waals surface area contributed by atoms with Crippen molar-refractivity contribution >= 4 is 5.97 Å². The van der Waals surface area contributed by atoms with Crippen LogP contribution in [0.3, 0.4) is 0 Å². The fourth-order valence-electron chi connectivity index (χ4n) is 1.67. The topological polar surface area (TPSA) is 87.9 Å². The molecule has 0 N–H and O–H groups in total. The van der Waals surface area contributed by atoms with Gasteiger partial charge >= 0.3 is 11.7 Å². The maximum absolute atomic E-state index is 11.2. The van der Waals surface area contributed by atoms with Gasteiger partial charge < -0.3 is 14.2 Å². The number of nitrogens with zero attached hydrogens (tertiary/aromatic N) is 1. The van der Waals surface area contributed by atoms with E-state index in [9.17, 15) is 14.9 Å². The van der Waals surface area contributed by atoms with Gasteiger partial charge in [0.15, 0.2) is 11.5 Å². The Morgan fingerprint density at radius 3 is 2.89 bits per heavy atom. The quantitative estimate of drug-likeness (QED) is 0.466. The first kappa shape index (κ1) is 13.1. The van der Waals surface area contributed by atoms with Gasteiger partial charge in [0.05, 0.1) is 4.92 Å². The van der Waals surface area contributed by atoms with Gasteiger partial charge in [-0.25, -0.2) is 0 Å². The third-order valence-corrected chi connectivity index (χ3v) is 2.69. The molecular formula is C12H13NO6. The van der Waals surface area contributed by atoms with E-state index >= 15 is 0 Å². The smallest absolute Gasteiger partial charge is 0.431 e. The minimum absolute atomic E-state index is 0.273. The molecule has 0 saturated carbocycles. The summed E-state index contributed by atoms with van der Waals surface area (Å²) in [4.78, 5) is 21.4. The number of hydrogen-bond acceptors (Lipinski definition) is 6. The van der Waals surface area contributed by atoms with Gasteiger partial charge in [0, 0.05) is 6.92 Å². The molecule has 2 rings (SSSR count). The van der Waals surface area contributed by atoms with Gasteiger partial charge in [-0.05, 0) is 24.6 Å². The SMILES string of the molecule is CC(=O)OCC1([N+](=O)[O-])COc2ccc(C)cc2O1. The summed E-state index contributed by atoms with van der Waals surface area (Å²) in [5.74, 6) is 0.0980. The monoisotopic (exact) mass is 267 g/mol. The Morgan fingerprint density at radius 1 is 1.53 bits per heavy atom. The van der Waals surface area contributed by atoms with Crippen molar-refractivity contribution in [2.24, 2.45) is 0 Å². The van der Waals surface area contributed by atoms with Gasteiger partial charge in [0.2, 0.25) is 13.2 Å². The van der Waals surface area contributed by atoms with Crippen LogP contribution >= 0.6 is 0 Å². The number of nitro groups is 1. The average molecular weight is 267 g/mol. The van der Waals surface area contributed by atoms with Crippen LogP contribution in [-0.4, -0.2) is 29.8 Å². The second-order valence-electron chi connectivity index (χ2n) is 4.32. The molecule has 1 aromatic rings. The third kappa shape index (κ3) is 2.59. The lowest BCUT2D eigenvalue weighted by Gasteiger charge is -2.30. The second-order valence-corrected chi connectivity index (χ2v) is 4.32. The number of carbonyl (C=O) groups is 1. The van der Waals surface area contributed by atoms with Gasteiger partial charge in [-0.2, -0.15) is 0 Å². The number of ether oxygens (including phenoxy) is 3. The van der Waals surface area contributed by atoms with Crippen molar-refractivity contribution in [2.45, 2.75) is 19.6 Å². The molecule has 19 heavy (non-hydrogen) atoms. The van der Waals surface area contributed by atoms with Crippen LogP contribution in [0.15, 0.2) is 18.2 Å². The molecule has 102 valence electrons. The van der Waals surface area contributed by atoms with Gasteiger partial charge in [-0.1, -0.05) is 6.07 Å². The summed E-state index contributed by atoms with van der Waals surface area (Å²) >= 11 is 0. The molecule has 7 nitrogen and oxygen atoms in total. The molecule has 1 aliphatic rings. The molecule has 1 aromatic carbocycles. The van der Waals surface area contributed by atoms with Crippen molar-refractivity contribution in [2.75, 3.05) is 13.2 Å². The minimum Gasteiger partial charge on any atom is -0.478 e. The van der Waals surface area contributed by atoms with Crippen LogP contribution in [0.2, 0.25) is 0 Å². The summed E-state index contributed by atoms with van der Waals surface area (Å²) in [5, 5.41) is 11.2. The number of benzene rings is 1. The number of aryl methyl sites for hydroxylation is 1. The van der Waals surface area contributed by atoms with Crippen LogP contribution < -0.4 is 9.47 Å². The molecular weight excluding hydrogens is 254 g/mol. The Labute approximate surface area is 109 Å². The summed E-state index contributed by atoms with van der Waals surface area (Å²) in [6.45, 7) is 2.19. The standard InChI is InChI=1S/C12H13NO6/c1-8-3-4-10-11(5-8)19-12(7-18-10,13(15)16)6-17-9(2)14/h3-5H,6-7H2,1-2H3. The number of esters is 1. The van der Waals surface area contributed by atoms with Crippen LogP contribution in [0.4, 0.5) is 0 Å². The Bertz CT molecular complexity index is 529. The minimum atomic E-state index is -1.90. The largest absolute Gasteiger partial charge is 0.478 e. The lowest BCUT2D eigenvalue weighted by Crippen LogP contribution is -2.55. The van der Waals surface area contributed by atoms with Crippen molar-refractivity contribution in [3.63, 3.8) is 0 Å². The normalized spacial score (nSPS) is 20.7. The Hall–Kier alpha value is -2.31. The Balaban J connectivity index is 2.28. The predicted octanol–water partition coefficient (Wildman–Crippen LogP) is 1.30. The van der Waals surface area contributed by atoms with Crippen molar-refractivity contribution in [1.29, 1.82) is 0 Å². The third-order valence-electron chi connectivity index (χ3n) is 2.69. The lowest BCUT2D eigenvalue weighted by molar-refractivity contribution is -0.623. The van der Waals surface area contributed by atoms with E-state index in [0.29, 0.717) is 5.75 Å². The number of fused-ring (bicyclic) bond motifs is 1. The molecule has 1 heterocycles. The first-order valence-corrected chi connectivity index (χ1v) is 5.63. The van der Waals surface area contributed by atoms with E-state index in [0.717, 1.165) is 5.56 Å². The highest BCUT2D eigenvalue weighted by molar-refractivity contribution is 5.65. The molecule has 1 atom stereocenters. The highest BCUT2D eigenvalue weighted by Gasteiger charge is 2.51. The van der Waals surface area contributed by atoms with E-state index in [-0.39, 0.29) is 12.4 Å². The van der Waals surface area contributed by atoms with Gasteiger partial charge in [0.25, 0.3) is 0 Å². The fraction of sp³-hybridized carbons (Fsp3) is 0.417. The van der Waals surface area contributed by atoms with Gasteiger partial charge in [0.1, 0.15) is 0 Å². The van der Waals surface area contributed by atoms with Gasteiger partial charge in [-0.3, -0.25) is 14.9 Å². The maximum atomic E-state index is 11.2. The lowest BCUT2D eigenvalue weighted by atomic mass is 10.2. The highest BCUT2D eigenvalue weighted by Crippen LogP contribution is 2.36. The molecule has 1 aliphatic heterocycles. The predicted molar refractivity (Wildman–Crippen MR) is 63.7 cm³/mol. The second kappa shape index (κ2) is 4.75. The van der Waals surface area contributed by atoms with Crippen molar-refractivity contribution < 1.29 is 23.9 Å². The van der Waals surface area contributed by atoms with E-state index in [4.69, 9.17) is 14.2 Å². The molecule has 0 aromatic heterocycles. The van der Waals surface area contributed by atoms with Crippen molar-refractivity contribution in [3.8, 4) is 11.5 Å². The molecule has 0 radical (unpaired) electrons. The summed E-state index contributed by atoms with van der Waals surface area (Å²) < 4.78 is 15.4. The summed E-state index contributed by atoms with van der Waals surface area (Å²) in [6, 6.07) is 5.13. The molecule has 0 bridgehead atoms. The maximum Gasteiger partial charge on any atom is 0.431 e. The Kier molecular flexibility index (Phi) is 3.28. The molecule has 0 aliphatic carbocycles. The van der Waals surface area contributed by atoms with E-state index in [2.05, 4.69) is 0 Å². The molecule has 7 heteroatoms. The van der Waals surface area contributed by atoms with E-state index in [1.807, 2.05) is 13.0 Å². The Morgan fingerprint density at radius 2 is 2.26 bits per heavy atom. The van der Waals surface area contributed by atoms with E-state index in [1.165, 1.54) is 6.92 Å². The van der Waals surface area contributed by atoms with Crippen LogP contribution in [0.5, 0.6) is 11.5 Å². The molecule has 0 saturated heterocycles. The first-order valence-electron chi connectivity index (χ1n) is 5.63. The average Bonchev–Trinajstić information content (AvgIpc) is 2.35. The zero-order chi connectivity index (χ0) is 14.0. The number of rotatable bonds is 3. The van der Waals surface area contributed by atoms with Crippen LogP contribution in [0, 0.1) is 17.0 Å². The fourth-order valence-corrected chi connectivity index (χ4v) is 1.67. The molecule has 0 spiro atoms. The van der Waals surface area contributed by atoms with E-state index < -0.39 is 23.2 Å². The summed E-state index contributed by atoms with van der Waals surface area (Å²) in [6.07, 6.45) is 0. The van der Waals surface area contributed by atoms with Gasteiger partial charge in [-0.15, -0.1) is 0 Å². The zero-order valence-electron chi connectivity index (χ0n) is 10.5. The van der Waals surface area contributed by atoms with Crippen LogP contribution in [0.1, 0.15) is 12.5 Å². The van der Waals surface area contributed by atoms with Crippen molar-refractivity contribution in [3.05, 3.63) is 33.9 Å². The number of carbonyl (C=O) groups excluding carboxylic acids is 1.